The van der Waals surface area contributed by atoms with Crippen LogP contribution in [0.3, 0.4) is 0 Å². The fraction of sp³-hybridized carbons (Fsp3) is 0.217. The molecule has 1 fully saturated rings. The molecule has 6 nitrogen and oxygen atoms in total. The van der Waals surface area contributed by atoms with Crippen molar-refractivity contribution in [2.24, 2.45) is 0 Å². The molecule has 32 heavy (non-hydrogen) atoms. The van der Waals surface area contributed by atoms with Crippen LogP contribution in [0, 0.1) is 5.82 Å². The van der Waals surface area contributed by atoms with Crippen molar-refractivity contribution in [2.45, 2.75) is 18.9 Å². The lowest BCUT2D eigenvalue weighted by molar-refractivity contribution is 0.342. The van der Waals surface area contributed by atoms with Crippen LogP contribution in [0.4, 0.5) is 21.6 Å². The van der Waals surface area contributed by atoms with E-state index in [1.807, 2.05) is 12.2 Å². The molecule has 0 radical (unpaired) electrons. The van der Waals surface area contributed by atoms with Crippen LogP contribution in [-0.2, 0) is 0 Å². The Bertz CT molecular complexity index is 1180. The maximum absolute atomic E-state index is 14.4. The summed E-state index contributed by atoms with van der Waals surface area (Å²) in [5.41, 5.74) is 2.07. The van der Waals surface area contributed by atoms with E-state index in [9.17, 15) is 9.50 Å². The van der Waals surface area contributed by atoms with Crippen molar-refractivity contribution in [3.05, 3.63) is 76.4 Å². The van der Waals surface area contributed by atoms with Gasteiger partial charge in [-0.15, -0.1) is 0 Å². The van der Waals surface area contributed by atoms with Gasteiger partial charge in [-0.05, 0) is 49.3 Å². The van der Waals surface area contributed by atoms with Crippen LogP contribution >= 0.6 is 23.2 Å². The summed E-state index contributed by atoms with van der Waals surface area (Å²) < 4.78 is 14.4. The highest BCUT2D eigenvalue weighted by Gasteiger charge is 2.19. The zero-order chi connectivity index (χ0) is 22.5. The van der Waals surface area contributed by atoms with Gasteiger partial charge in [0.15, 0.2) is 5.82 Å². The summed E-state index contributed by atoms with van der Waals surface area (Å²) in [5, 5.41) is 19.9. The van der Waals surface area contributed by atoms with Gasteiger partial charge in [0, 0.05) is 18.3 Å². The molecular formula is C23H22Cl2FN5O. The Labute approximate surface area is 195 Å². The number of aliphatic hydroxyl groups excluding tert-OH is 1. The number of aliphatic hydroxyl groups is 1. The molecular weight excluding hydrogens is 452 g/mol. The third kappa shape index (κ3) is 5.37. The summed E-state index contributed by atoms with van der Waals surface area (Å²) in [6, 6.07) is 8.87. The first kappa shape index (κ1) is 22.5. The predicted molar refractivity (Wildman–Crippen MR) is 128 cm³/mol. The molecule has 0 unspecified atom stereocenters. The number of allylic oxidation sites excluding steroid dienone is 1. The Kier molecular flexibility index (Phi) is 7.22. The van der Waals surface area contributed by atoms with E-state index >= 15 is 0 Å². The van der Waals surface area contributed by atoms with Crippen molar-refractivity contribution in [1.29, 1.82) is 0 Å². The third-order valence-corrected chi connectivity index (χ3v) is 5.62. The number of halogens is 3. The molecule has 1 heterocycles. The number of hydrogen-bond donors (Lipinski definition) is 4. The molecule has 0 amide bonds. The molecule has 2 aromatic carbocycles. The molecule has 4 N–H and O–H groups in total. The van der Waals surface area contributed by atoms with E-state index in [0.717, 1.165) is 6.54 Å². The van der Waals surface area contributed by atoms with Gasteiger partial charge in [0.25, 0.3) is 0 Å². The van der Waals surface area contributed by atoms with E-state index < -0.39 is 5.82 Å². The molecule has 1 aliphatic carbocycles. The van der Waals surface area contributed by atoms with Crippen molar-refractivity contribution in [3.8, 4) is 0 Å². The second-order valence-corrected chi connectivity index (χ2v) is 8.11. The Morgan fingerprint density at radius 2 is 2.00 bits per heavy atom. The monoisotopic (exact) mass is 473 g/mol. The van der Waals surface area contributed by atoms with Crippen LogP contribution in [0.2, 0.25) is 10.0 Å². The second kappa shape index (κ2) is 10.3. The quantitative estimate of drug-likeness (QED) is 0.311. The summed E-state index contributed by atoms with van der Waals surface area (Å²) in [4.78, 5) is 8.52. The van der Waals surface area contributed by atoms with Gasteiger partial charge >= 0.3 is 0 Å². The lowest BCUT2D eigenvalue weighted by Crippen LogP contribution is -2.15. The van der Waals surface area contributed by atoms with Crippen LogP contribution in [0.15, 0.2) is 60.6 Å². The molecule has 0 saturated heterocycles. The van der Waals surface area contributed by atoms with Crippen molar-refractivity contribution < 1.29 is 9.50 Å². The molecule has 3 aromatic rings. The minimum Gasteiger partial charge on any atom is -0.392 e. The summed E-state index contributed by atoms with van der Waals surface area (Å²) in [6.45, 7) is 0.617. The average molecular weight is 474 g/mol. The van der Waals surface area contributed by atoms with Crippen LogP contribution in [-0.4, -0.2) is 34.3 Å². The van der Waals surface area contributed by atoms with Crippen LogP contribution < -0.4 is 16.0 Å². The molecule has 166 valence electrons. The Morgan fingerprint density at radius 1 is 1.16 bits per heavy atom. The van der Waals surface area contributed by atoms with Crippen LogP contribution in [0.1, 0.15) is 12.8 Å². The molecule has 1 saturated carbocycles. The average Bonchev–Trinajstić information content (AvgIpc) is 3.61. The van der Waals surface area contributed by atoms with E-state index in [0.29, 0.717) is 39.2 Å². The normalized spacial score (nSPS) is 14.3. The van der Waals surface area contributed by atoms with Crippen LogP contribution in [0.25, 0.3) is 10.9 Å². The number of nitrogens with one attached hydrogen (secondary N) is 3. The minimum absolute atomic E-state index is 0.00330. The van der Waals surface area contributed by atoms with Crippen molar-refractivity contribution in [3.63, 3.8) is 0 Å². The van der Waals surface area contributed by atoms with Gasteiger partial charge < -0.3 is 21.1 Å². The van der Waals surface area contributed by atoms with E-state index in [1.165, 1.54) is 25.2 Å². The fourth-order valence-corrected chi connectivity index (χ4v) is 3.63. The maximum Gasteiger partial charge on any atom is 0.165 e. The van der Waals surface area contributed by atoms with Gasteiger partial charge in [-0.25, -0.2) is 14.4 Å². The number of nitrogens with zero attached hydrogens (tertiary/aromatic N) is 2. The van der Waals surface area contributed by atoms with Gasteiger partial charge in [0.1, 0.15) is 12.1 Å². The lowest BCUT2D eigenvalue weighted by Gasteiger charge is -2.14. The van der Waals surface area contributed by atoms with E-state index in [1.54, 1.807) is 30.3 Å². The van der Waals surface area contributed by atoms with Gasteiger partial charge in [0.05, 0.1) is 38.9 Å². The first-order valence-corrected chi connectivity index (χ1v) is 10.9. The number of fused-ring (bicyclic) bond motifs is 1. The fourth-order valence-electron chi connectivity index (χ4n) is 3.15. The summed E-state index contributed by atoms with van der Waals surface area (Å²) >= 11 is 12.6. The first-order chi connectivity index (χ1) is 15.6. The highest BCUT2D eigenvalue weighted by atomic mass is 35.5. The molecule has 1 aliphatic rings. The molecule has 0 atom stereocenters. The molecule has 9 heteroatoms. The highest BCUT2D eigenvalue weighted by Crippen LogP contribution is 2.36. The largest absolute Gasteiger partial charge is 0.392 e. The van der Waals surface area contributed by atoms with Crippen molar-refractivity contribution in [2.75, 3.05) is 23.8 Å². The first-order valence-electron chi connectivity index (χ1n) is 10.2. The number of aromatic nitrogens is 2. The summed E-state index contributed by atoms with van der Waals surface area (Å²) in [6.07, 6.45) is 9.33. The van der Waals surface area contributed by atoms with Gasteiger partial charge in [-0.1, -0.05) is 35.3 Å². The molecule has 4 rings (SSSR count). The Balaban J connectivity index is 1.62. The molecule has 0 aliphatic heterocycles. The zero-order valence-corrected chi connectivity index (χ0v) is 18.6. The lowest BCUT2D eigenvalue weighted by atomic mass is 10.2. The summed E-state index contributed by atoms with van der Waals surface area (Å²) in [7, 11) is 0. The number of rotatable bonds is 9. The number of anilines is 3. The topological polar surface area (TPSA) is 82.1 Å². The highest BCUT2D eigenvalue weighted by molar-refractivity contribution is 6.39. The number of hydrogen-bond acceptors (Lipinski definition) is 6. The maximum atomic E-state index is 14.4. The second-order valence-electron chi connectivity index (χ2n) is 7.32. The predicted octanol–water partition coefficient (Wildman–Crippen LogP) is 5.42. The molecule has 0 bridgehead atoms. The Hall–Kier alpha value is -2.71. The molecule has 1 aromatic heterocycles. The number of benzene rings is 2. The SMILES string of the molecule is OC/C=C(/C=C/CNC1CC1)Nc1ccc2ncnc(Nc3cccc(Cl)c3F)c2c1Cl. The van der Waals surface area contributed by atoms with E-state index in [-0.39, 0.29) is 17.3 Å². The molecule has 0 spiro atoms. The Morgan fingerprint density at radius 3 is 2.78 bits per heavy atom. The zero-order valence-electron chi connectivity index (χ0n) is 17.1. The minimum atomic E-state index is -0.579. The van der Waals surface area contributed by atoms with Crippen molar-refractivity contribution >= 4 is 51.3 Å². The summed E-state index contributed by atoms with van der Waals surface area (Å²) in [5.74, 6) is -0.230. The van der Waals surface area contributed by atoms with E-state index in [4.69, 9.17) is 23.2 Å². The van der Waals surface area contributed by atoms with Gasteiger partial charge in [0.2, 0.25) is 0 Å². The smallest absolute Gasteiger partial charge is 0.165 e. The van der Waals surface area contributed by atoms with Gasteiger partial charge in [-0.2, -0.15) is 0 Å². The van der Waals surface area contributed by atoms with Crippen molar-refractivity contribution in [1.82, 2.24) is 15.3 Å². The standard InChI is InChI=1S/C23H22Cl2FN5O/c24-16-4-1-5-19(22(16)26)31-23-20-17(28-13-29-23)8-9-18(21(20)25)30-15(10-12-32)3-2-11-27-14-6-7-14/h1-5,8-10,13-14,27,30,32H,6-7,11-12H2,(H,28,29,31)/b3-2+,15-10-. The van der Waals surface area contributed by atoms with Crippen LogP contribution in [0.5, 0.6) is 0 Å². The van der Waals surface area contributed by atoms with E-state index in [2.05, 4.69) is 25.9 Å². The van der Waals surface area contributed by atoms with Gasteiger partial charge in [-0.3, -0.25) is 0 Å². The third-order valence-electron chi connectivity index (χ3n) is 4.93.